The summed E-state index contributed by atoms with van der Waals surface area (Å²) in [6.45, 7) is 6.85. The first kappa shape index (κ1) is 13.4. The summed E-state index contributed by atoms with van der Waals surface area (Å²) in [7, 11) is 0. The molecule has 0 saturated heterocycles. The molecule has 104 valence electrons. The van der Waals surface area contributed by atoms with Gasteiger partial charge < -0.3 is 9.84 Å². The van der Waals surface area contributed by atoms with Crippen LogP contribution >= 0.6 is 15.9 Å². The van der Waals surface area contributed by atoms with Crippen molar-refractivity contribution in [1.29, 1.82) is 0 Å². The van der Waals surface area contributed by atoms with Gasteiger partial charge in [0.1, 0.15) is 11.4 Å². The molecule has 2 unspecified atom stereocenters. The summed E-state index contributed by atoms with van der Waals surface area (Å²) in [5, 5.41) is 10.5. The molecule has 1 spiro atoms. The van der Waals surface area contributed by atoms with Crippen LogP contribution in [0.1, 0.15) is 51.7 Å². The molecule has 1 saturated carbocycles. The van der Waals surface area contributed by atoms with Gasteiger partial charge in [0.05, 0.1) is 6.10 Å². The molecule has 1 aromatic carbocycles. The maximum absolute atomic E-state index is 10.5. The molecule has 1 aromatic rings. The molecule has 0 radical (unpaired) electrons. The molecule has 2 nitrogen and oxygen atoms in total. The predicted octanol–water partition coefficient (Wildman–Crippen LogP) is 4.46. The fraction of sp³-hybridized carbons (Fsp3) is 0.625. The molecule has 3 heteroatoms. The van der Waals surface area contributed by atoms with Gasteiger partial charge in [0, 0.05) is 16.5 Å². The summed E-state index contributed by atoms with van der Waals surface area (Å²) in [6, 6.07) is 5.91. The average Bonchev–Trinajstić information content (AvgIpc) is 2.46. The van der Waals surface area contributed by atoms with Crippen molar-refractivity contribution < 1.29 is 9.84 Å². The SMILES string of the molecule is CC1CC(C)(C)CC12C[C@@H](O)c1ccc(Br)cc1O2. The molecule has 2 aliphatic rings. The number of ether oxygens (including phenoxy) is 1. The molecule has 1 N–H and O–H groups in total. The summed E-state index contributed by atoms with van der Waals surface area (Å²) >= 11 is 3.48. The van der Waals surface area contributed by atoms with Crippen molar-refractivity contribution in [3.63, 3.8) is 0 Å². The van der Waals surface area contributed by atoms with Gasteiger partial charge in [-0.15, -0.1) is 0 Å². The lowest BCUT2D eigenvalue weighted by atomic mass is 9.81. The first-order valence-electron chi connectivity index (χ1n) is 6.98. The van der Waals surface area contributed by atoms with Gasteiger partial charge in [-0.25, -0.2) is 0 Å². The van der Waals surface area contributed by atoms with E-state index in [9.17, 15) is 5.11 Å². The van der Waals surface area contributed by atoms with Gasteiger partial charge in [-0.05, 0) is 36.3 Å². The largest absolute Gasteiger partial charge is 0.486 e. The van der Waals surface area contributed by atoms with E-state index in [0.29, 0.717) is 17.8 Å². The van der Waals surface area contributed by atoms with Gasteiger partial charge in [0.25, 0.3) is 0 Å². The molecular weight excluding hydrogens is 304 g/mol. The third kappa shape index (κ3) is 2.21. The fourth-order valence-electron chi connectivity index (χ4n) is 4.05. The highest BCUT2D eigenvalue weighted by atomic mass is 79.9. The molecule has 0 amide bonds. The van der Waals surface area contributed by atoms with Crippen LogP contribution in [0.25, 0.3) is 0 Å². The Labute approximate surface area is 123 Å². The average molecular weight is 325 g/mol. The maximum atomic E-state index is 10.5. The zero-order valence-corrected chi connectivity index (χ0v) is 13.3. The van der Waals surface area contributed by atoms with Crippen LogP contribution in [0.15, 0.2) is 22.7 Å². The van der Waals surface area contributed by atoms with E-state index in [1.165, 1.54) is 0 Å². The Kier molecular flexibility index (Phi) is 2.99. The van der Waals surface area contributed by atoms with E-state index in [0.717, 1.165) is 28.6 Å². The number of aliphatic hydroxyl groups is 1. The Balaban J connectivity index is 2.01. The summed E-state index contributed by atoms with van der Waals surface area (Å²) < 4.78 is 7.39. The number of halogens is 1. The van der Waals surface area contributed by atoms with E-state index >= 15 is 0 Å². The Bertz CT molecular complexity index is 511. The Morgan fingerprint density at radius 1 is 1.32 bits per heavy atom. The van der Waals surface area contributed by atoms with Crippen LogP contribution in [0.5, 0.6) is 5.75 Å². The Morgan fingerprint density at radius 2 is 2.05 bits per heavy atom. The zero-order valence-electron chi connectivity index (χ0n) is 11.7. The number of hydrogen-bond acceptors (Lipinski definition) is 2. The number of fused-ring (bicyclic) bond motifs is 1. The van der Waals surface area contributed by atoms with Crippen molar-refractivity contribution in [2.75, 3.05) is 0 Å². The molecule has 1 aliphatic heterocycles. The standard InChI is InChI=1S/C16H21BrO2/c1-10-7-15(2,3)9-16(10)8-13(18)12-5-4-11(17)6-14(12)19-16/h4-6,10,13,18H,7-9H2,1-3H3/t10?,13-,16?/m1/s1. The number of benzene rings is 1. The topological polar surface area (TPSA) is 29.5 Å². The highest BCUT2D eigenvalue weighted by molar-refractivity contribution is 9.10. The normalized spacial score (nSPS) is 36.1. The van der Waals surface area contributed by atoms with E-state index in [-0.39, 0.29) is 5.60 Å². The van der Waals surface area contributed by atoms with E-state index < -0.39 is 6.10 Å². The quantitative estimate of drug-likeness (QED) is 0.763. The molecule has 3 atom stereocenters. The van der Waals surface area contributed by atoms with Gasteiger partial charge >= 0.3 is 0 Å². The first-order chi connectivity index (χ1) is 8.81. The number of hydrogen-bond donors (Lipinski definition) is 1. The summed E-state index contributed by atoms with van der Waals surface area (Å²) in [5.41, 5.74) is 1.02. The molecule has 3 rings (SSSR count). The van der Waals surface area contributed by atoms with Crippen LogP contribution in [0.4, 0.5) is 0 Å². The van der Waals surface area contributed by atoms with Crippen molar-refractivity contribution in [1.82, 2.24) is 0 Å². The molecule has 0 bridgehead atoms. The summed E-state index contributed by atoms with van der Waals surface area (Å²) in [6.07, 6.45) is 2.48. The second-order valence-electron chi connectivity index (χ2n) is 7.02. The van der Waals surface area contributed by atoms with Gasteiger partial charge in [-0.1, -0.05) is 42.8 Å². The van der Waals surface area contributed by atoms with Crippen molar-refractivity contribution >= 4 is 15.9 Å². The van der Waals surface area contributed by atoms with Crippen molar-refractivity contribution in [3.05, 3.63) is 28.2 Å². The van der Waals surface area contributed by atoms with Crippen LogP contribution in [-0.4, -0.2) is 10.7 Å². The van der Waals surface area contributed by atoms with E-state index in [4.69, 9.17) is 4.74 Å². The lowest BCUT2D eigenvalue weighted by molar-refractivity contribution is -0.0392. The third-order valence-corrected chi connectivity index (χ3v) is 5.21. The predicted molar refractivity (Wildman–Crippen MR) is 79.3 cm³/mol. The van der Waals surface area contributed by atoms with Crippen LogP contribution in [0.2, 0.25) is 0 Å². The number of aliphatic hydroxyl groups excluding tert-OH is 1. The zero-order chi connectivity index (χ0) is 13.8. The van der Waals surface area contributed by atoms with Crippen LogP contribution < -0.4 is 4.74 Å². The van der Waals surface area contributed by atoms with Crippen LogP contribution in [0, 0.1) is 11.3 Å². The molecule has 1 aliphatic carbocycles. The van der Waals surface area contributed by atoms with Gasteiger partial charge in [-0.3, -0.25) is 0 Å². The first-order valence-corrected chi connectivity index (χ1v) is 7.77. The number of rotatable bonds is 0. The maximum Gasteiger partial charge on any atom is 0.127 e. The van der Waals surface area contributed by atoms with Gasteiger partial charge in [0.15, 0.2) is 0 Å². The molecule has 1 fully saturated rings. The highest BCUT2D eigenvalue weighted by Crippen LogP contribution is 2.55. The Morgan fingerprint density at radius 3 is 2.68 bits per heavy atom. The minimum Gasteiger partial charge on any atom is -0.486 e. The van der Waals surface area contributed by atoms with Crippen molar-refractivity contribution in [2.45, 2.75) is 51.7 Å². The van der Waals surface area contributed by atoms with Crippen LogP contribution in [0.3, 0.4) is 0 Å². The van der Waals surface area contributed by atoms with E-state index in [2.05, 4.69) is 36.7 Å². The lowest BCUT2D eigenvalue weighted by Crippen LogP contribution is -2.43. The molecule has 19 heavy (non-hydrogen) atoms. The minimum atomic E-state index is -0.409. The highest BCUT2D eigenvalue weighted by Gasteiger charge is 2.53. The fourth-order valence-corrected chi connectivity index (χ4v) is 4.39. The van der Waals surface area contributed by atoms with Gasteiger partial charge in [0.2, 0.25) is 0 Å². The summed E-state index contributed by atoms with van der Waals surface area (Å²) in [4.78, 5) is 0. The molecule has 1 heterocycles. The monoisotopic (exact) mass is 324 g/mol. The van der Waals surface area contributed by atoms with Gasteiger partial charge in [-0.2, -0.15) is 0 Å². The lowest BCUT2D eigenvalue weighted by Gasteiger charge is -2.41. The second-order valence-corrected chi connectivity index (χ2v) is 7.93. The van der Waals surface area contributed by atoms with Crippen molar-refractivity contribution in [3.8, 4) is 5.75 Å². The van der Waals surface area contributed by atoms with Crippen LogP contribution in [-0.2, 0) is 0 Å². The smallest absolute Gasteiger partial charge is 0.127 e. The van der Waals surface area contributed by atoms with E-state index in [1.54, 1.807) is 0 Å². The molecular formula is C16H21BrO2. The molecule has 0 aromatic heterocycles. The van der Waals surface area contributed by atoms with Crippen molar-refractivity contribution in [2.24, 2.45) is 11.3 Å². The third-order valence-electron chi connectivity index (χ3n) is 4.72. The second kappa shape index (κ2) is 4.23. The van der Waals surface area contributed by atoms with E-state index in [1.807, 2.05) is 18.2 Å². The minimum absolute atomic E-state index is 0.198. The Hall–Kier alpha value is -0.540. The summed E-state index contributed by atoms with van der Waals surface area (Å²) in [5.74, 6) is 1.32.